The van der Waals surface area contributed by atoms with E-state index in [1.807, 2.05) is 3.33 Å². The average molecular weight is 571 g/mol. The first-order valence-electron chi connectivity index (χ1n) is 4.53. The van der Waals surface area contributed by atoms with Crippen LogP contribution in [0.3, 0.4) is 0 Å². The predicted molar refractivity (Wildman–Crippen MR) is 77.0 cm³/mol. The number of rotatable bonds is 5. The van der Waals surface area contributed by atoms with Gasteiger partial charge < -0.3 is 0 Å². The van der Waals surface area contributed by atoms with Crippen molar-refractivity contribution in [1.29, 1.82) is 0 Å². The summed E-state index contributed by atoms with van der Waals surface area (Å²) in [7, 11) is 0. The summed E-state index contributed by atoms with van der Waals surface area (Å²) >= 11 is -0.298. The molecule has 3 heteroatoms. The Morgan fingerprint density at radius 3 is 2.62 bits per heavy atom. The summed E-state index contributed by atoms with van der Waals surface area (Å²) in [5.41, 5.74) is 0. The summed E-state index contributed by atoms with van der Waals surface area (Å²) < 4.78 is 3.41. The van der Waals surface area contributed by atoms with Crippen LogP contribution in [0.15, 0.2) is 21.6 Å². The molecule has 0 radical (unpaired) electrons. The minimum absolute atomic E-state index is 0. The normalized spacial score (nSPS) is 12.8. The molecule has 0 nitrogen and oxygen atoms in total. The van der Waals surface area contributed by atoms with Crippen molar-refractivity contribution < 1.29 is 22.9 Å². The van der Waals surface area contributed by atoms with E-state index in [9.17, 15) is 0 Å². The zero-order valence-corrected chi connectivity index (χ0v) is 16.3. The van der Waals surface area contributed by atoms with Crippen molar-refractivity contribution in [2.75, 3.05) is 0 Å². The number of allylic oxidation sites excluding steroid dienone is 4. The van der Waals surface area contributed by atoms with Crippen molar-refractivity contribution in [3.05, 3.63) is 21.6 Å². The van der Waals surface area contributed by atoms with Gasteiger partial charge in [-0.25, -0.2) is 0 Å². The maximum Gasteiger partial charge on any atom is -0.107 e. The fourth-order valence-electron chi connectivity index (χ4n) is 1.20. The molecule has 1 rings (SSSR count). The van der Waals surface area contributed by atoms with Gasteiger partial charge in [0.1, 0.15) is 0 Å². The van der Waals surface area contributed by atoms with E-state index in [1.54, 1.807) is 4.18 Å². The van der Waals surface area contributed by atoms with Gasteiger partial charge in [-0.3, -0.25) is 0 Å². The van der Waals surface area contributed by atoms with Crippen LogP contribution < -0.4 is 0 Å². The van der Waals surface area contributed by atoms with E-state index >= 15 is 0 Å². The SMILES string of the molecule is CCCC[CH2][Hf][C]1=CC=CC1.I.I. The summed E-state index contributed by atoms with van der Waals surface area (Å²) in [6.45, 7) is 2.28. The van der Waals surface area contributed by atoms with Crippen LogP contribution in [0.5, 0.6) is 0 Å². The van der Waals surface area contributed by atoms with Crippen LogP contribution in [0.1, 0.15) is 32.6 Å². The summed E-state index contributed by atoms with van der Waals surface area (Å²) in [5.74, 6) is 0. The van der Waals surface area contributed by atoms with Gasteiger partial charge in [-0.1, -0.05) is 0 Å². The molecular formula is C10H18HfI2. The molecule has 0 aliphatic heterocycles. The third-order valence-electron chi connectivity index (χ3n) is 1.90. The van der Waals surface area contributed by atoms with Crippen LogP contribution in [0.4, 0.5) is 0 Å². The summed E-state index contributed by atoms with van der Waals surface area (Å²) in [6.07, 6.45) is 12.5. The smallest absolute Gasteiger partial charge is 0.107 e. The molecule has 0 saturated heterocycles. The van der Waals surface area contributed by atoms with E-state index in [1.165, 1.54) is 25.7 Å². The number of hydrogen-bond acceptors (Lipinski definition) is 0. The van der Waals surface area contributed by atoms with Gasteiger partial charge in [0.05, 0.1) is 0 Å². The second-order valence-corrected chi connectivity index (χ2v) is 8.33. The van der Waals surface area contributed by atoms with Crippen LogP contribution in [0, 0.1) is 0 Å². The van der Waals surface area contributed by atoms with Crippen molar-refractivity contribution >= 4 is 48.0 Å². The Morgan fingerprint density at radius 2 is 2.08 bits per heavy atom. The largest absolute Gasteiger partial charge is 0.107 e. The summed E-state index contributed by atoms with van der Waals surface area (Å²) in [4.78, 5) is 0. The van der Waals surface area contributed by atoms with Crippen LogP contribution >= 0.6 is 48.0 Å². The molecule has 0 fully saturated rings. The van der Waals surface area contributed by atoms with Crippen LogP contribution in [-0.2, 0) is 22.9 Å². The molecule has 0 bridgehead atoms. The number of unbranched alkanes of at least 4 members (excludes halogenated alkanes) is 2. The van der Waals surface area contributed by atoms with Gasteiger partial charge in [0, 0.05) is 0 Å². The van der Waals surface area contributed by atoms with Crippen molar-refractivity contribution in [3.63, 3.8) is 0 Å². The van der Waals surface area contributed by atoms with Crippen LogP contribution in [0.2, 0.25) is 4.18 Å². The van der Waals surface area contributed by atoms with E-state index in [4.69, 9.17) is 0 Å². The van der Waals surface area contributed by atoms with Gasteiger partial charge in [-0.15, -0.1) is 48.0 Å². The molecule has 0 aromatic heterocycles. The number of halogens is 2. The minimum Gasteiger partial charge on any atom is -0.107 e. The van der Waals surface area contributed by atoms with Gasteiger partial charge >= 0.3 is 81.2 Å². The van der Waals surface area contributed by atoms with E-state index in [0.29, 0.717) is 0 Å². The summed E-state index contributed by atoms with van der Waals surface area (Å²) in [6, 6.07) is 0. The molecular weight excluding hydrogens is 552 g/mol. The molecule has 76 valence electrons. The molecule has 0 heterocycles. The van der Waals surface area contributed by atoms with Gasteiger partial charge in [-0.2, -0.15) is 0 Å². The molecule has 0 aromatic carbocycles. The van der Waals surface area contributed by atoms with Gasteiger partial charge in [0.15, 0.2) is 0 Å². The Morgan fingerprint density at radius 1 is 1.31 bits per heavy atom. The minimum atomic E-state index is -0.298. The Hall–Kier alpha value is 1.81. The Bertz CT molecular complexity index is 164. The van der Waals surface area contributed by atoms with Crippen molar-refractivity contribution in [2.45, 2.75) is 36.8 Å². The fourth-order valence-corrected chi connectivity index (χ4v) is 5.60. The van der Waals surface area contributed by atoms with Crippen molar-refractivity contribution in [2.24, 2.45) is 0 Å². The predicted octanol–water partition coefficient (Wildman–Crippen LogP) is 4.76. The van der Waals surface area contributed by atoms with Crippen LogP contribution in [0.25, 0.3) is 0 Å². The van der Waals surface area contributed by atoms with Gasteiger partial charge in [0.2, 0.25) is 0 Å². The molecule has 0 saturated carbocycles. The molecule has 1 aliphatic rings. The van der Waals surface area contributed by atoms with Gasteiger partial charge in [-0.05, 0) is 0 Å². The summed E-state index contributed by atoms with van der Waals surface area (Å²) in [5, 5.41) is 0. The first-order valence-corrected chi connectivity index (χ1v) is 8.86. The standard InChI is InChI=1S/C5H5.C5H11.Hf.2HI/c1-2-4-5-3-1;1-3-5-4-2;;;/h1-3H,4H2;1,3-5H2,2H3;;2*1H. The van der Waals surface area contributed by atoms with Gasteiger partial charge in [0.25, 0.3) is 0 Å². The zero-order valence-electron chi connectivity index (χ0n) is 8.08. The first kappa shape index (κ1) is 17.2. The zero-order chi connectivity index (χ0) is 7.94. The molecule has 0 spiro atoms. The average Bonchev–Trinajstić information content (AvgIpc) is 2.50. The molecule has 0 unspecified atom stereocenters. The molecule has 0 N–H and O–H groups in total. The van der Waals surface area contributed by atoms with Crippen molar-refractivity contribution in [3.8, 4) is 0 Å². The third-order valence-corrected chi connectivity index (χ3v) is 7.04. The topological polar surface area (TPSA) is 0 Å². The maximum atomic E-state index is 2.36. The monoisotopic (exact) mass is 572 g/mol. The van der Waals surface area contributed by atoms with E-state index in [-0.39, 0.29) is 70.9 Å². The quantitative estimate of drug-likeness (QED) is 0.254. The molecule has 0 amide bonds. The Kier molecular flexibility index (Phi) is 15.7. The van der Waals surface area contributed by atoms with E-state index < -0.39 is 0 Å². The van der Waals surface area contributed by atoms with E-state index in [2.05, 4.69) is 25.2 Å². The first-order chi connectivity index (χ1) is 5.43. The van der Waals surface area contributed by atoms with Crippen LogP contribution in [-0.4, -0.2) is 0 Å². The third kappa shape index (κ3) is 8.78. The molecule has 13 heavy (non-hydrogen) atoms. The Labute approximate surface area is 127 Å². The second kappa shape index (κ2) is 11.9. The molecule has 1 aliphatic carbocycles. The second-order valence-electron chi connectivity index (χ2n) is 2.96. The fraction of sp³-hybridized carbons (Fsp3) is 0.600. The van der Waals surface area contributed by atoms with E-state index in [0.717, 1.165) is 0 Å². The molecule has 0 aromatic rings. The Balaban J connectivity index is 0. The molecule has 0 atom stereocenters. The maximum absolute atomic E-state index is 2.36. The van der Waals surface area contributed by atoms with Crippen molar-refractivity contribution in [1.82, 2.24) is 0 Å². The number of hydrogen-bond donors (Lipinski definition) is 0.